The van der Waals surface area contributed by atoms with E-state index in [1.165, 1.54) is 6.20 Å². The smallest absolute Gasteiger partial charge is 0.264 e. The highest BCUT2D eigenvalue weighted by Crippen LogP contribution is 2.43. The Bertz CT molecular complexity index is 1050. The fourth-order valence-electron chi connectivity index (χ4n) is 3.64. The van der Waals surface area contributed by atoms with Crippen molar-refractivity contribution in [2.45, 2.75) is 25.5 Å². The second kappa shape index (κ2) is 7.02. The number of carbonyl (C=O) groups excluding carboxylic acids is 2. The molecular formula is C23H20N2O3. The van der Waals surface area contributed by atoms with Crippen molar-refractivity contribution in [3.05, 3.63) is 95.3 Å². The number of ketones is 1. The van der Waals surface area contributed by atoms with Gasteiger partial charge in [0.2, 0.25) is 0 Å². The zero-order chi connectivity index (χ0) is 19.7. The fraction of sp³-hybridized carbons (Fsp3) is 0.174. The maximum atomic E-state index is 13.3. The molecule has 5 heteroatoms. The van der Waals surface area contributed by atoms with E-state index in [1.54, 1.807) is 41.3 Å². The summed E-state index contributed by atoms with van der Waals surface area (Å²) in [4.78, 5) is 31.6. The number of aromatic nitrogens is 1. The van der Waals surface area contributed by atoms with Crippen LogP contribution in [0.4, 0.5) is 5.69 Å². The van der Waals surface area contributed by atoms with E-state index in [0.717, 1.165) is 11.1 Å². The zero-order valence-electron chi connectivity index (χ0n) is 15.5. The van der Waals surface area contributed by atoms with Crippen molar-refractivity contribution in [2.24, 2.45) is 0 Å². The first-order chi connectivity index (χ1) is 13.5. The third-order valence-electron chi connectivity index (χ3n) is 5.20. The number of aliphatic hydroxyl groups is 1. The SMILES string of the molecule is Cc1ccccc1CN1C(=O)[C@](O)(CC(=O)c2ccccn2)c2ccccc21. The molecule has 3 aromatic rings. The Balaban J connectivity index is 1.70. The number of nitrogens with zero attached hydrogens (tertiary/aromatic N) is 2. The van der Waals surface area contributed by atoms with Gasteiger partial charge in [0.25, 0.3) is 5.91 Å². The molecule has 2 heterocycles. The molecule has 0 spiro atoms. The van der Waals surface area contributed by atoms with E-state index in [1.807, 2.05) is 37.3 Å². The van der Waals surface area contributed by atoms with Crippen molar-refractivity contribution < 1.29 is 14.7 Å². The van der Waals surface area contributed by atoms with E-state index in [9.17, 15) is 14.7 Å². The van der Waals surface area contributed by atoms with Gasteiger partial charge in [-0.2, -0.15) is 0 Å². The quantitative estimate of drug-likeness (QED) is 0.697. The molecule has 4 rings (SSSR count). The number of para-hydroxylation sites is 1. The summed E-state index contributed by atoms with van der Waals surface area (Å²) in [6.07, 6.45) is 1.18. The molecule has 140 valence electrons. The molecule has 5 nitrogen and oxygen atoms in total. The number of rotatable bonds is 5. The Morgan fingerprint density at radius 2 is 1.75 bits per heavy atom. The number of pyridine rings is 1. The summed E-state index contributed by atoms with van der Waals surface area (Å²) in [7, 11) is 0. The molecule has 0 saturated carbocycles. The number of aryl methyl sites for hydroxylation is 1. The largest absolute Gasteiger partial charge is 0.375 e. The van der Waals surface area contributed by atoms with Crippen molar-refractivity contribution in [1.82, 2.24) is 4.98 Å². The van der Waals surface area contributed by atoms with Crippen molar-refractivity contribution in [1.29, 1.82) is 0 Å². The van der Waals surface area contributed by atoms with Crippen molar-refractivity contribution in [3.63, 3.8) is 0 Å². The van der Waals surface area contributed by atoms with Gasteiger partial charge in [0.1, 0.15) is 5.69 Å². The number of hydrogen-bond acceptors (Lipinski definition) is 4. The summed E-state index contributed by atoms with van der Waals surface area (Å²) in [6, 6.07) is 19.9. The molecule has 1 aliphatic heterocycles. The van der Waals surface area contributed by atoms with Crippen molar-refractivity contribution >= 4 is 17.4 Å². The minimum absolute atomic E-state index is 0.235. The van der Waals surface area contributed by atoms with Crippen LogP contribution in [0, 0.1) is 6.92 Å². The van der Waals surface area contributed by atoms with Gasteiger partial charge in [-0.1, -0.05) is 48.5 Å². The lowest BCUT2D eigenvalue weighted by Crippen LogP contribution is -2.41. The number of Topliss-reactive ketones (excluding diaryl/α,β-unsaturated/α-hetero) is 1. The Labute approximate surface area is 163 Å². The van der Waals surface area contributed by atoms with Crippen LogP contribution in [0.3, 0.4) is 0 Å². The van der Waals surface area contributed by atoms with Crippen LogP contribution < -0.4 is 4.90 Å². The second-order valence-corrected chi connectivity index (χ2v) is 7.01. The van der Waals surface area contributed by atoms with Crippen LogP contribution in [0.25, 0.3) is 0 Å². The van der Waals surface area contributed by atoms with Crippen LogP contribution in [0.5, 0.6) is 0 Å². The van der Waals surface area contributed by atoms with Gasteiger partial charge in [-0.3, -0.25) is 14.6 Å². The summed E-state index contributed by atoms with van der Waals surface area (Å²) in [5.41, 5.74) is 1.48. The topological polar surface area (TPSA) is 70.5 Å². The number of anilines is 1. The molecule has 0 aliphatic carbocycles. The van der Waals surface area contributed by atoms with Gasteiger partial charge in [0.05, 0.1) is 18.7 Å². The maximum absolute atomic E-state index is 13.3. The molecule has 28 heavy (non-hydrogen) atoms. The average Bonchev–Trinajstić information content (AvgIpc) is 2.92. The molecule has 0 fully saturated rings. The summed E-state index contributed by atoms with van der Waals surface area (Å²) < 4.78 is 0. The summed E-state index contributed by atoms with van der Waals surface area (Å²) >= 11 is 0. The highest BCUT2D eigenvalue weighted by atomic mass is 16.3. The molecule has 1 atom stereocenters. The fourth-order valence-corrected chi connectivity index (χ4v) is 3.64. The van der Waals surface area contributed by atoms with Crippen molar-refractivity contribution in [3.8, 4) is 0 Å². The molecule has 2 aromatic carbocycles. The molecule has 0 bridgehead atoms. The third kappa shape index (κ3) is 3.00. The van der Waals surface area contributed by atoms with E-state index < -0.39 is 11.5 Å². The zero-order valence-corrected chi connectivity index (χ0v) is 15.5. The van der Waals surface area contributed by atoms with Crippen LogP contribution in [0.15, 0.2) is 72.9 Å². The van der Waals surface area contributed by atoms with E-state index in [2.05, 4.69) is 4.98 Å². The Morgan fingerprint density at radius 3 is 2.50 bits per heavy atom. The maximum Gasteiger partial charge on any atom is 0.264 e. The Hall–Kier alpha value is -3.31. The summed E-state index contributed by atoms with van der Waals surface area (Å²) in [5.74, 6) is -0.856. The number of amides is 1. The molecule has 0 unspecified atom stereocenters. The number of carbonyl (C=O) groups is 2. The predicted molar refractivity (Wildman–Crippen MR) is 106 cm³/mol. The lowest BCUT2D eigenvalue weighted by Gasteiger charge is -2.23. The second-order valence-electron chi connectivity index (χ2n) is 7.01. The third-order valence-corrected chi connectivity index (χ3v) is 5.20. The number of fused-ring (bicyclic) bond motifs is 1. The van der Waals surface area contributed by atoms with Crippen molar-refractivity contribution in [2.75, 3.05) is 4.90 Å². The van der Waals surface area contributed by atoms with Crippen LogP contribution in [-0.2, 0) is 16.9 Å². The van der Waals surface area contributed by atoms with Crippen LogP contribution in [-0.4, -0.2) is 21.8 Å². The average molecular weight is 372 g/mol. The highest BCUT2D eigenvalue weighted by Gasteiger charge is 2.50. The van der Waals surface area contributed by atoms with Gasteiger partial charge >= 0.3 is 0 Å². The van der Waals surface area contributed by atoms with Gasteiger partial charge in [0.15, 0.2) is 11.4 Å². The first-order valence-electron chi connectivity index (χ1n) is 9.13. The minimum atomic E-state index is -1.89. The lowest BCUT2D eigenvalue weighted by molar-refractivity contribution is -0.136. The number of hydrogen-bond donors (Lipinski definition) is 1. The Kier molecular flexibility index (Phi) is 4.53. The van der Waals surface area contributed by atoms with Gasteiger partial charge in [0, 0.05) is 11.8 Å². The lowest BCUT2D eigenvalue weighted by atomic mass is 9.89. The summed E-state index contributed by atoms with van der Waals surface area (Å²) in [5, 5.41) is 11.3. The first kappa shape index (κ1) is 18.1. The van der Waals surface area contributed by atoms with Gasteiger partial charge < -0.3 is 10.0 Å². The predicted octanol–water partition coefficient (Wildman–Crippen LogP) is 3.40. The molecule has 1 aliphatic rings. The van der Waals surface area contributed by atoms with Gasteiger partial charge in [-0.15, -0.1) is 0 Å². The van der Waals surface area contributed by atoms with Gasteiger partial charge in [-0.05, 0) is 36.2 Å². The molecule has 0 saturated heterocycles. The van der Waals surface area contributed by atoms with Crippen LogP contribution >= 0.6 is 0 Å². The number of benzene rings is 2. The van der Waals surface area contributed by atoms with E-state index in [-0.39, 0.29) is 17.9 Å². The summed E-state index contributed by atoms with van der Waals surface area (Å²) in [6.45, 7) is 2.32. The normalized spacial score (nSPS) is 18.2. The monoisotopic (exact) mass is 372 g/mol. The first-order valence-corrected chi connectivity index (χ1v) is 9.13. The van der Waals surface area contributed by atoms with Gasteiger partial charge in [-0.25, -0.2) is 0 Å². The van der Waals surface area contributed by atoms with E-state index in [4.69, 9.17) is 0 Å². The standard InChI is InChI=1S/C23H20N2O3/c1-16-8-2-3-9-17(16)15-25-20-12-5-4-10-18(20)23(28,22(25)27)14-21(26)19-11-6-7-13-24-19/h2-13,28H,14-15H2,1H3/t23-/m0/s1. The molecule has 1 amide bonds. The van der Waals surface area contributed by atoms with Crippen LogP contribution in [0.2, 0.25) is 0 Å². The molecule has 0 radical (unpaired) electrons. The highest BCUT2D eigenvalue weighted by molar-refractivity contribution is 6.10. The van der Waals surface area contributed by atoms with Crippen LogP contribution in [0.1, 0.15) is 33.6 Å². The van der Waals surface area contributed by atoms with E-state index in [0.29, 0.717) is 17.8 Å². The molecule has 1 aromatic heterocycles. The molecule has 1 N–H and O–H groups in total. The minimum Gasteiger partial charge on any atom is -0.375 e. The Morgan fingerprint density at radius 1 is 1.04 bits per heavy atom. The van der Waals surface area contributed by atoms with E-state index >= 15 is 0 Å². The molecular weight excluding hydrogens is 352 g/mol.